The number of aromatic nitrogens is 2. The molecule has 116 valence electrons. The molecule has 2 amide bonds. The Labute approximate surface area is 129 Å². The fourth-order valence-electron chi connectivity index (χ4n) is 2.29. The fourth-order valence-corrected chi connectivity index (χ4v) is 2.29. The van der Waals surface area contributed by atoms with Gasteiger partial charge in [0, 0.05) is 30.0 Å². The summed E-state index contributed by atoms with van der Waals surface area (Å²) >= 11 is 0. The molecule has 1 heterocycles. The van der Waals surface area contributed by atoms with Gasteiger partial charge < -0.3 is 15.7 Å². The first-order valence-corrected chi connectivity index (χ1v) is 7.41. The van der Waals surface area contributed by atoms with E-state index in [0.29, 0.717) is 13.1 Å². The van der Waals surface area contributed by atoms with Crippen molar-refractivity contribution < 1.29 is 9.90 Å². The highest BCUT2D eigenvalue weighted by Crippen LogP contribution is 2.44. The Balaban J connectivity index is 1.49. The lowest BCUT2D eigenvalue weighted by Gasteiger charge is -2.13. The van der Waals surface area contributed by atoms with E-state index in [2.05, 4.69) is 15.7 Å². The van der Waals surface area contributed by atoms with Crippen LogP contribution in [0.1, 0.15) is 18.4 Å². The van der Waals surface area contributed by atoms with Crippen molar-refractivity contribution in [3.05, 3.63) is 48.3 Å². The number of urea groups is 1. The van der Waals surface area contributed by atoms with Crippen molar-refractivity contribution in [1.29, 1.82) is 0 Å². The zero-order chi connectivity index (χ0) is 15.4. The third-order valence-corrected chi connectivity index (χ3v) is 4.03. The molecule has 1 aromatic carbocycles. The van der Waals surface area contributed by atoms with Crippen LogP contribution in [0.3, 0.4) is 0 Å². The van der Waals surface area contributed by atoms with Crippen LogP contribution in [-0.4, -0.2) is 34.1 Å². The second kappa shape index (κ2) is 6.19. The molecule has 0 radical (unpaired) electrons. The topological polar surface area (TPSA) is 79.2 Å². The van der Waals surface area contributed by atoms with Crippen molar-refractivity contribution in [2.24, 2.45) is 5.41 Å². The quantitative estimate of drug-likeness (QED) is 0.761. The van der Waals surface area contributed by atoms with Crippen molar-refractivity contribution in [3.8, 4) is 0 Å². The van der Waals surface area contributed by atoms with Gasteiger partial charge in [-0.25, -0.2) is 4.79 Å². The van der Waals surface area contributed by atoms with Gasteiger partial charge in [-0.3, -0.25) is 4.68 Å². The van der Waals surface area contributed by atoms with Gasteiger partial charge in [0.15, 0.2) is 0 Å². The van der Waals surface area contributed by atoms with Crippen molar-refractivity contribution in [2.45, 2.75) is 19.4 Å². The molecule has 0 atom stereocenters. The van der Waals surface area contributed by atoms with Gasteiger partial charge in [0.05, 0.1) is 13.2 Å². The Morgan fingerprint density at radius 2 is 2.09 bits per heavy atom. The average molecular weight is 300 g/mol. The summed E-state index contributed by atoms with van der Waals surface area (Å²) in [5.74, 6) is 0. The highest BCUT2D eigenvalue weighted by Gasteiger charge is 2.42. The highest BCUT2D eigenvalue weighted by molar-refractivity contribution is 5.89. The van der Waals surface area contributed by atoms with E-state index in [-0.39, 0.29) is 18.1 Å². The molecule has 6 heteroatoms. The number of anilines is 1. The summed E-state index contributed by atoms with van der Waals surface area (Å²) in [5, 5.41) is 19.0. The normalized spacial score (nSPS) is 15.3. The van der Waals surface area contributed by atoms with E-state index in [1.54, 1.807) is 6.20 Å². The first-order valence-electron chi connectivity index (χ1n) is 7.41. The van der Waals surface area contributed by atoms with E-state index in [1.165, 1.54) is 0 Å². The number of hydrogen-bond acceptors (Lipinski definition) is 3. The summed E-state index contributed by atoms with van der Waals surface area (Å²) in [6.45, 7) is 1.36. The first-order chi connectivity index (χ1) is 10.7. The minimum absolute atomic E-state index is 0.0784. The van der Waals surface area contributed by atoms with Crippen LogP contribution in [0.4, 0.5) is 10.5 Å². The average Bonchev–Trinajstić information content (AvgIpc) is 3.15. The van der Waals surface area contributed by atoms with E-state index >= 15 is 0 Å². The van der Waals surface area contributed by atoms with Gasteiger partial charge in [-0.2, -0.15) is 5.10 Å². The number of aliphatic hydroxyl groups is 1. The number of benzene rings is 1. The number of carbonyl (C=O) groups is 1. The van der Waals surface area contributed by atoms with Crippen LogP contribution in [0, 0.1) is 5.41 Å². The highest BCUT2D eigenvalue weighted by atomic mass is 16.3. The zero-order valence-electron chi connectivity index (χ0n) is 12.3. The van der Waals surface area contributed by atoms with Gasteiger partial charge >= 0.3 is 6.03 Å². The largest absolute Gasteiger partial charge is 0.396 e. The molecule has 3 rings (SSSR count). The molecule has 0 unspecified atom stereocenters. The molecule has 1 fully saturated rings. The molecule has 22 heavy (non-hydrogen) atoms. The van der Waals surface area contributed by atoms with Gasteiger partial charge in [-0.05, 0) is 36.6 Å². The van der Waals surface area contributed by atoms with Gasteiger partial charge in [0.2, 0.25) is 0 Å². The Morgan fingerprint density at radius 3 is 2.68 bits per heavy atom. The SMILES string of the molecule is O=C(NCC1(CO)CC1)Nc1ccc(Cn2cccn2)cc1. The van der Waals surface area contributed by atoms with Gasteiger partial charge in [-0.1, -0.05) is 12.1 Å². The monoisotopic (exact) mass is 300 g/mol. The lowest BCUT2D eigenvalue weighted by molar-refractivity contribution is 0.206. The lowest BCUT2D eigenvalue weighted by atomic mass is 10.1. The molecule has 0 saturated heterocycles. The molecule has 3 N–H and O–H groups in total. The first kappa shape index (κ1) is 14.6. The minimum Gasteiger partial charge on any atom is -0.396 e. The van der Waals surface area contributed by atoms with Crippen LogP contribution in [0.2, 0.25) is 0 Å². The number of amides is 2. The lowest BCUT2D eigenvalue weighted by Crippen LogP contribution is -2.35. The molecular weight excluding hydrogens is 280 g/mol. The molecule has 1 aliphatic rings. The van der Waals surface area contributed by atoms with E-state index in [9.17, 15) is 9.90 Å². The van der Waals surface area contributed by atoms with E-state index in [4.69, 9.17) is 0 Å². The summed E-state index contributed by atoms with van der Waals surface area (Å²) in [7, 11) is 0. The summed E-state index contributed by atoms with van der Waals surface area (Å²) in [5.41, 5.74) is 1.78. The van der Waals surface area contributed by atoms with Crippen molar-refractivity contribution in [1.82, 2.24) is 15.1 Å². The molecule has 0 aliphatic heterocycles. The predicted octanol–water partition coefficient (Wildman–Crippen LogP) is 1.83. The molecular formula is C16H20N4O2. The van der Waals surface area contributed by atoms with E-state index in [0.717, 1.165) is 24.1 Å². The Bertz CT molecular complexity index is 618. The van der Waals surface area contributed by atoms with Gasteiger partial charge in [-0.15, -0.1) is 0 Å². The molecule has 6 nitrogen and oxygen atoms in total. The van der Waals surface area contributed by atoms with Crippen molar-refractivity contribution in [3.63, 3.8) is 0 Å². The van der Waals surface area contributed by atoms with Gasteiger partial charge in [0.1, 0.15) is 0 Å². The summed E-state index contributed by atoms with van der Waals surface area (Å²) in [6, 6.07) is 9.33. The predicted molar refractivity (Wildman–Crippen MR) is 83.5 cm³/mol. The number of hydrogen-bond donors (Lipinski definition) is 3. The van der Waals surface area contributed by atoms with Crippen LogP contribution in [-0.2, 0) is 6.54 Å². The smallest absolute Gasteiger partial charge is 0.319 e. The third-order valence-electron chi connectivity index (χ3n) is 4.03. The second-order valence-corrected chi connectivity index (χ2v) is 5.87. The third kappa shape index (κ3) is 3.65. The molecule has 1 saturated carbocycles. The number of nitrogens with zero attached hydrogens (tertiary/aromatic N) is 2. The minimum atomic E-state index is -0.237. The summed E-state index contributed by atoms with van der Waals surface area (Å²) in [4.78, 5) is 11.8. The van der Waals surface area contributed by atoms with Crippen LogP contribution >= 0.6 is 0 Å². The number of rotatable bonds is 6. The summed E-state index contributed by atoms with van der Waals surface area (Å²) in [6.07, 6.45) is 5.62. The van der Waals surface area contributed by atoms with Crippen molar-refractivity contribution in [2.75, 3.05) is 18.5 Å². The molecule has 1 aliphatic carbocycles. The van der Waals surface area contributed by atoms with Crippen LogP contribution in [0.25, 0.3) is 0 Å². The zero-order valence-corrected chi connectivity index (χ0v) is 12.3. The number of nitrogens with one attached hydrogen (secondary N) is 2. The fraction of sp³-hybridized carbons (Fsp3) is 0.375. The maximum absolute atomic E-state index is 11.8. The van der Waals surface area contributed by atoms with Crippen LogP contribution in [0.15, 0.2) is 42.7 Å². The number of carbonyl (C=O) groups excluding carboxylic acids is 1. The maximum Gasteiger partial charge on any atom is 0.319 e. The Morgan fingerprint density at radius 1 is 1.32 bits per heavy atom. The Kier molecular flexibility index (Phi) is 4.11. The van der Waals surface area contributed by atoms with Crippen molar-refractivity contribution >= 4 is 11.7 Å². The van der Waals surface area contributed by atoms with E-state index < -0.39 is 0 Å². The van der Waals surface area contributed by atoms with Crippen LogP contribution < -0.4 is 10.6 Å². The summed E-state index contributed by atoms with van der Waals surface area (Å²) < 4.78 is 1.85. The van der Waals surface area contributed by atoms with Crippen LogP contribution in [0.5, 0.6) is 0 Å². The molecule has 2 aromatic rings. The molecule has 1 aromatic heterocycles. The second-order valence-electron chi connectivity index (χ2n) is 5.87. The standard InChI is InChI=1S/C16H20N4O2/c21-12-16(6-7-16)11-17-15(22)19-14-4-2-13(3-5-14)10-20-9-1-8-18-20/h1-5,8-9,21H,6-7,10-12H2,(H2,17,19,22). The van der Waals surface area contributed by atoms with Gasteiger partial charge in [0.25, 0.3) is 0 Å². The van der Waals surface area contributed by atoms with E-state index in [1.807, 2.05) is 41.2 Å². The molecule has 0 bridgehead atoms. The molecule has 0 spiro atoms. The Hall–Kier alpha value is -2.34. The number of aliphatic hydroxyl groups excluding tert-OH is 1. The maximum atomic E-state index is 11.8.